The quantitative estimate of drug-likeness (QED) is 0.939. The van der Waals surface area contributed by atoms with Crippen LogP contribution in [0.4, 0.5) is 0 Å². The minimum atomic E-state index is -0.636. The van der Waals surface area contributed by atoms with Crippen LogP contribution < -0.4 is 5.73 Å². The van der Waals surface area contributed by atoms with Gasteiger partial charge in [-0.3, -0.25) is 0 Å². The molecule has 1 saturated carbocycles. The lowest BCUT2D eigenvalue weighted by atomic mass is 9.54. The Morgan fingerprint density at radius 1 is 1.32 bits per heavy atom. The third-order valence-corrected chi connectivity index (χ3v) is 4.95. The highest BCUT2D eigenvalue weighted by Gasteiger charge is 2.62. The van der Waals surface area contributed by atoms with Crippen molar-refractivity contribution in [2.75, 3.05) is 6.61 Å². The number of aromatic nitrogens is 2. The number of hydrogen-bond donors (Lipinski definition) is 1. The molecule has 2 atom stereocenters. The summed E-state index contributed by atoms with van der Waals surface area (Å²) in [5.41, 5.74) is 7.82. The van der Waals surface area contributed by atoms with Crippen molar-refractivity contribution in [2.45, 2.75) is 45.8 Å². The van der Waals surface area contributed by atoms with Gasteiger partial charge in [-0.1, -0.05) is 48.8 Å². The van der Waals surface area contributed by atoms with E-state index in [0.29, 0.717) is 24.7 Å². The molecule has 118 valence electrons. The third kappa shape index (κ3) is 2.16. The topological polar surface area (TPSA) is 74.2 Å². The molecule has 0 spiro atoms. The summed E-state index contributed by atoms with van der Waals surface area (Å²) in [7, 11) is 0. The molecular formula is C17H23N3O2. The smallest absolute Gasteiger partial charge is 0.247 e. The van der Waals surface area contributed by atoms with Crippen molar-refractivity contribution in [3.63, 3.8) is 0 Å². The molecule has 2 aromatic rings. The number of nitrogens with two attached hydrogens (primary N) is 1. The van der Waals surface area contributed by atoms with Crippen LogP contribution in [-0.2, 0) is 10.3 Å². The predicted octanol–water partition coefficient (Wildman–Crippen LogP) is 3.03. The van der Waals surface area contributed by atoms with E-state index in [4.69, 9.17) is 15.0 Å². The molecule has 0 amide bonds. The lowest BCUT2D eigenvalue weighted by Gasteiger charge is -2.56. The van der Waals surface area contributed by atoms with Crippen molar-refractivity contribution in [1.29, 1.82) is 0 Å². The molecule has 2 unspecified atom stereocenters. The van der Waals surface area contributed by atoms with Crippen LogP contribution in [0.15, 0.2) is 28.8 Å². The van der Waals surface area contributed by atoms with Crippen molar-refractivity contribution in [1.82, 2.24) is 10.1 Å². The summed E-state index contributed by atoms with van der Waals surface area (Å²) in [6.45, 7) is 8.90. The van der Waals surface area contributed by atoms with E-state index in [-0.39, 0.29) is 11.5 Å². The molecule has 1 aromatic carbocycles. The van der Waals surface area contributed by atoms with Crippen LogP contribution in [0.2, 0.25) is 0 Å². The summed E-state index contributed by atoms with van der Waals surface area (Å²) in [4.78, 5) is 4.54. The lowest BCUT2D eigenvalue weighted by Crippen LogP contribution is -2.67. The van der Waals surface area contributed by atoms with Gasteiger partial charge in [0.15, 0.2) is 0 Å². The predicted molar refractivity (Wildman–Crippen MR) is 84.1 cm³/mol. The molecule has 0 radical (unpaired) electrons. The van der Waals surface area contributed by atoms with E-state index < -0.39 is 5.54 Å². The molecule has 2 N–H and O–H groups in total. The van der Waals surface area contributed by atoms with Gasteiger partial charge in [0.2, 0.25) is 11.7 Å². The zero-order chi connectivity index (χ0) is 16.0. The number of nitrogens with zero attached hydrogens (tertiary/aromatic N) is 2. The highest BCUT2D eigenvalue weighted by molar-refractivity contribution is 5.54. The first kappa shape index (κ1) is 15.2. The van der Waals surface area contributed by atoms with Gasteiger partial charge in [0.1, 0.15) is 5.54 Å². The molecule has 0 saturated heterocycles. The van der Waals surface area contributed by atoms with Crippen molar-refractivity contribution >= 4 is 0 Å². The van der Waals surface area contributed by atoms with Crippen LogP contribution in [0.5, 0.6) is 0 Å². The van der Waals surface area contributed by atoms with Gasteiger partial charge in [0, 0.05) is 24.0 Å². The van der Waals surface area contributed by atoms with E-state index in [1.54, 1.807) is 0 Å². The van der Waals surface area contributed by atoms with Crippen LogP contribution in [-0.4, -0.2) is 22.9 Å². The fourth-order valence-corrected chi connectivity index (χ4v) is 3.02. The van der Waals surface area contributed by atoms with E-state index >= 15 is 0 Å². The number of aryl methyl sites for hydroxylation is 1. The standard InChI is InChI=1S/C17H23N3O2/c1-5-21-13-10-17(18,16(13,3)4)15-19-14(20-22-15)12-8-6-11(2)7-9-12/h6-9,13H,5,10,18H2,1-4H3. The minimum absolute atomic E-state index is 0.122. The zero-order valence-corrected chi connectivity index (χ0v) is 13.6. The Labute approximate surface area is 130 Å². The first-order valence-electron chi connectivity index (χ1n) is 7.70. The Hall–Kier alpha value is -1.72. The average Bonchev–Trinajstić information content (AvgIpc) is 2.97. The first-order valence-corrected chi connectivity index (χ1v) is 7.70. The second-order valence-corrected chi connectivity index (χ2v) is 6.63. The fraction of sp³-hybridized carbons (Fsp3) is 0.529. The van der Waals surface area contributed by atoms with Gasteiger partial charge >= 0.3 is 0 Å². The SMILES string of the molecule is CCOC1CC(N)(c2nc(-c3ccc(C)cc3)no2)C1(C)C. The minimum Gasteiger partial charge on any atom is -0.378 e. The summed E-state index contributed by atoms with van der Waals surface area (Å²) in [5, 5.41) is 4.09. The Balaban J connectivity index is 1.87. The molecular weight excluding hydrogens is 278 g/mol. The first-order chi connectivity index (χ1) is 10.4. The average molecular weight is 301 g/mol. The number of rotatable bonds is 4. The van der Waals surface area contributed by atoms with Crippen LogP contribution >= 0.6 is 0 Å². The normalized spacial score (nSPS) is 26.7. The molecule has 3 rings (SSSR count). The molecule has 1 heterocycles. The molecule has 0 bridgehead atoms. The largest absolute Gasteiger partial charge is 0.378 e. The summed E-state index contributed by atoms with van der Waals surface area (Å²) in [5.74, 6) is 1.07. The molecule has 1 aliphatic carbocycles. The molecule has 1 aliphatic rings. The molecule has 5 nitrogen and oxygen atoms in total. The summed E-state index contributed by atoms with van der Waals surface area (Å²) >= 11 is 0. The van der Waals surface area contributed by atoms with E-state index in [9.17, 15) is 0 Å². The molecule has 5 heteroatoms. The number of ether oxygens (including phenoxy) is 1. The van der Waals surface area contributed by atoms with Crippen LogP contribution in [0.1, 0.15) is 38.6 Å². The maximum absolute atomic E-state index is 6.56. The summed E-state index contributed by atoms with van der Waals surface area (Å²) in [6, 6.07) is 8.04. The van der Waals surface area contributed by atoms with Gasteiger partial charge in [0.25, 0.3) is 0 Å². The molecule has 0 aliphatic heterocycles. The van der Waals surface area contributed by atoms with Gasteiger partial charge in [-0.05, 0) is 13.8 Å². The highest BCUT2D eigenvalue weighted by Crippen LogP contribution is 2.55. The number of benzene rings is 1. The summed E-state index contributed by atoms with van der Waals surface area (Å²) < 4.78 is 11.2. The second-order valence-electron chi connectivity index (χ2n) is 6.63. The highest BCUT2D eigenvalue weighted by atomic mass is 16.5. The Morgan fingerprint density at radius 3 is 2.59 bits per heavy atom. The van der Waals surface area contributed by atoms with Gasteiger partial charge in [-0.25, -0.2) is 0 Å². The molecule has 22 heavy (non-hydrogen) atoms. The maximum atomic E-state index is 6.56. The van der Waals surface area contributed by atoms with Gasteiger partial charge in [-0.15, -0.1) is 0 Å². The van der Waals surface area contributed by atoms with Gasteiger partial charge in [0.05, 0.1) is 6.10 Å². The van der Waals surface area contributed by atoms with Gasteiger partial charge in [-0.2, -0.15) is 4.98 Å². The van der Waals surface area contributed by atoms with E-state index in [2.05, 4.69) is 24.0 Å². The van der Waals surface area contributed by atoms with Crippen LogP contribution in [0.25, 0.3) is 11.4 Å². The van der Waals surface area contributed by atoms with Crippen molar-refractivity contribution in [3.8, 4) is 11.4 Å². The number of hydrogen-bond acceptors (Lipinski definition) is 5. The van der Waals surface area contributed by atoms with Crippen LogP contribution in [0.3, 0.4) is 0 Å². The molecule has 1 aromatic heterocycles. The second kappa shape index (κ2) is 5.18. The lowest BCUT2D eigenvalue weighted by molar-refractivity contribution is -0.162. The Morgan fingerprint density at radius 2 is 2.00 bits per heavy atom. The van der Waals surface area contributed by atoms with Crippen molar-refractivity contribution in [3.05, 3.63) is 35.7 Å². The monoisotopic (exact) mass is 301 g/mol. The van der Waals surface area contributed by atoms with Crippen molar-refractivity contribution in [2.24, 2.45) is 11.1 Å². The molecule has 1 fully saturated rings. The third-order valence-electron chi connectivity index (χ3n) is 4.95. The summed E-state index contributed by atoms with van der Waals surface area (Å²) in [6.07, 6.45) is 0.820. The fourth-order valence-electron chi connectivity index (χ4n) is 3.02. The van der Waals surface area contributed by atoms with Gasteiger partial charge < -0.3 is 15.0 Å². The Bertz CT molecular complexity index is 663. The Kier molecular flexibility index (Phi) is 3.57. The van der Waals surface area contributed by atoms with Crippen molar-refractivity contribution < 1.29 is 9.26 Å². The van der Waals surface area contributed by atoms with E-state index in [1.165, 1.54) is 5.56 Å². The maximum Gasteiger partial charge on any atom is 0.247 e. The van der Waals surface area contributed by atoms with E-state index in [1.807, 2.05) is 38.1 Å². The van der Waals surface area contributed by atoms with Crippen LogP contribution in [0, 0.1) is 12.3 Å². The van der Waals surface area contributed by atoms with E-state index in [0.717, 1.165) is 5.56 Å². The zero-order valence-electron chi connectivity index (χ0n) is 13.6.